The van der Waals surface area contributed by atoms with Crippen LogP contribution in [0.1, 0.15) is 61.1 Å². The normalized spacial score (nSPS) is 15.4. The standard InChI is InChI=1S/C82H56N2O3/c1-81(2)71-37-53-19-11-9-17-51(53)35-65(71)61-29-25-57(39-73(61)81)83(55-23-21-47-13-5-7-15-49(47)33-55)59-27-31-63-67-43-79-69(45-77(67)85-75(63)41-59)70-46-78-68(44-80(70)87-79)64-32-28-60(42-76(64)86-78)84(56-24-22-48-14-6-8-16-50(48)34-56)58-26-30-62-66-36-52-18-10-12-20-54(52)38-72(66)82(3,4)74(62)40-58/h5-37,39-46,72H,38H2,1-4H3. The number of furan rings is 3. The van der Waals surface area contributed by atoms with Crippen LogP contribution < -0.4 is 9.80 Å². The van der Waals surface area contributed by atoms with E-state index in [0.29, 0.717) is 5.92 Å². The van der Waals surface area contributed by atoms with E-state index in [0.717, 1.165) is 106 Å². The predicted molar refractivity (Wildman–Crippen MR) is 362 cm³/mol. The van der Waals surface area contributed by atoms with Gasteiger partial charge in [0, 0.05) is 84.0 Å². The number of nitrogens with zero attached hydrogens (tertiary/aromatic N) is 2. The van der Waals surface area contributed by atoms with E-state index in [2.05, 4.69) is 286 Å². The molecule has 3 aliphatic carbocycles. The molecule has 0 saturated carbocycles. The second-order valence-electron chi connectivity index (χ2n) is 25.7. The first-order chi connectivity index (χ1) is 42.5. The molecule has 13 aromatic carbocycles. The van der Waals surface area contributed by atoms with E-state index < -0.39 is 0 Å². The van der Waals surface area contributed by atoms with Crippen molar-refractivity contribution in [3.05, 3.63) is 276 Å². The zero-order valence-corrected chi connectivity index (χ0v) is 48.6. The largest absolute Gasteiger partial charge is 0.456 e. The maximum atomic E-state index is 6.95. The van der Waals surface area contributed by atoms with Gasteiger partial charge in [-0.2, -0.15) is 0 Å². The van der Waals surface area contributed by atoms with E-state index in [-0.39, 0.29) is 10.8 Å². The zero-order valence-electron chi connectivity index (χ0n) is 48.6. The minimum absolute atomic E-state index is 0.0586. The van der Waals surface area contributed by atoms with E-state index in [1.807, 2.05) is 0 Å². The number of hydrogen-bond donors (Lipinski definition) is 0. The Labute approximate surface area is 502 Å². The van der Waals surface area contributed by atoms with E-state index in [4.69, 9.17) is 13.3 Å². The molecule has 0 radical (unpaired) electrons. The Kier molecular flexibility index (Phi) is 9.80. The molecule has 3 aromatic heterocycles. The predicted octanol–water partition coefficient (Wildman–Crippen LogP) is 23.1. The SMILES string of the molecule is CC1(C)c2cc(N(c3ccc4ccccc4c3)c3ccc4c(c3)oc3cc5c(cc34)oc3cc4c(cc35)oc3cc(N(c5ccc6c(c5)C(C)(C)C5Cc7ccccc7C=C65)c5ccc6ccccc6c5)ccc34)ccc2-c2cc3ccccc3cc21. The Hall–Kier alpha value is -10.6. The first-order valence-electron chi connectivity index (χ1n) is 30.4. The van der Waals surface area contributed by atoms with Crippen LogP contribution in [0.3, 0.4) is 0 Å². The second kappa shape index (κ2) is 17.5. The lowest BCUT2D eigenvalue weighted by Crippen LogP contribution is -2.27. The second-order valence-corrected chi connectivity index (χ2v) is 25.7. The Balaban J connectivity index is 0.706. The highest BCUT2D eigenvalue weighted by Crippen LogP contribution is 2.57. The van der Waals surface area contributed by atoms with Gasteiger partial charge in [-0.1, -0.05) is 155 Å². The van der Waals surface area contributed by atoms with Gasteiger partial charge in [-0.05, 0) is 209 Å². The van der Waals surface area contributed by atoms with Crippen molar-refractivity contribution in [2.45, 2.75) is 44.9 Å². The topological polar surface area (TPSA) is 45.9 Å². The van der Waals surface area contributed by atoms with Gasteiger partial charge in [0.2, 0.25) is 0 Å². The molecule has 19 rings (SSSR count). The van der Waals surface area contributed by atoms with Crippen molar-refractivity contribution in [1.82, 2.24) is 0 Å². The van der Waals surface area contributed by atoms with Gasteiger partial charge in [-0.25, -0.2) is 0 Å². The number of hydrogen-bond acceptors (Lipinski definition) is 5. The summed E-state index contributed by atoms with van der Waals surface area (Å²) in [5.41, 5.74) is 23.3. The van der Waals surface area contributed by atoms with E-state index in [1.165, 1.54) is 82.4 Å². The molecular weight excluding hydrogens is 1060 g/mol. The number of allylic oxidation sites excluding steroid dienone is 1. The average Bonchev–Trinajstić information content (AvgIpc) is 1.78. The molecule has 87 heavy (non-hydrogen) atoms. The fraction of sp³-hybridized carbons (Fsp3) is 0.0976. The van der Waals surface area contributed by atoms with Gasteiger partial charge in [0.05, 0.1) is 0 Å². The summed E-state index contributed by atoms with van der Waals surface area (Å²) < 4.78 is 20.7. The van der Waals surface area contributed by atoms with Crippen LogP contribution >= 0.6 is 0 Å². The zero-order chi connectivity index (χ0) is 57.6. The van der Waals surface area contributed by atoms with Crippen LogP contribution in [-0.2, 0) is 17.3 Å². The maximum Gasteiger partial charge on any atom is 0.137 e. The smallest absolute Gasteiger partial charge is 0.137 e. The van der Waals surface area contributed by atoms with E-state index in [1.54, 1.807) is 0 Å². The third kappa shape index (κ3) is 7.08. The van der Waals surface area contributed by atoms with Crippen molar-refractivity contribution in [3.8, 4) is 11.1 Å². The summed E-state index contributed by atoms with van der Waals surface area (Å²) in [6.07, 6.45) is 3.48. The van der Waals surface area contributed by atoms with Gasteiger partial charge in [0.1, 0.15) is 33.5 Å². The minimum atomic E-state index is -0.196. The Bertz CT molecular complexity index is 5730. The van der Waals surface area contributed by atoms with Crippen molar-refractivity contribution >= 4 is 144 Å². The summed E-state index contributed by atoms with van der Waals surface area (Å²) in [5, 5.41) is 13.4. The molecule has 0 amide bonds. The molecule has 1 unspecified atom stereocenters. The summed E-state index contributed by atoms with van der Waals surface area (Å²) in [7, 11) is 0. The van der Waals surface area contributed by atoms with Gasteiger partial charge in [-0.15, -0.1) is 0 Å². The van der Waals surface area contributed by atoms with Gasteiger partial charge in [-0.3, -0.25) is 0 Å². The minimum Gasteiger partial charge on any atom is -0.456 e. The fourth-order valence-corrected chi connectivity index (χ4v) is 15.7. The Morgan fingerprint density at radius 1 is 0.322 bits per heavy atom. The van der Waals surface area contributed by atoms with Crippen molar-refractivity contribution < 1.29 is 13.3 Å². The first kappa shape index (κ1) is 48.7. The molecule has 1 atom stereocenters. The van der Waals surface area contributed by atoms with Crippen LogP contribution in [0.15, 0.2) is 256 Å². The molecule has 0 saturated heterocycles. The summed E-state index contributed by atoms with van der Waals surface area (Å²) in [6, 6.07) is 89.2. The quantitative estimate of drug-likeness (QED) is 0.166. The third-order valence-corrected chi connectivity index (χ3v) is 20.2. The number of benzene rings is 13. The van der Waals surface area contributed by atoms with Crippen LogP contribution in [-0.4, -0.2) is 0 Å². The van der Waals surface area contributed by atoms with Crippen molar-refractivity contribution in [2.75, 3.05) is 9.80 Å². The van der Waals surface area contributed by atoms with Crippen molar-refractivity contribution in [2.24, 2.45) is 5.92 Å². The monoisotopic (exact) mass is 1120 g/mol. The molecule has 0 bridgehead atoms. The van der Waals surface area contributed by atoms with Crippen LogP contribution in [0.25, 0.3) is 121 Å². The highest BCUT2D eigenvalue weighted by atomic mass is 16.3. The summed E-state index contributed by atoms with van der Waals surface area (Å²) in [5.74, 6) is 0.407. The van der Waals surface area contributed by atoms with Gasteiger partial charge >= 0.3 is 0 Å². The molecule has 3 aliphatic rings. The van der Waals surface area contributed by atoms with Crippen molar-refractivity contribution in [3.63, 3.8) is 0 Å². The number of anilines is 6. The number of rotatable bonds is 6. The van der Waals surface area contributed by atoms with Crippen LogP contribution in [0.5, 0.6) is 0 Å². The molecule has 0 spiro atoms. The molecule has 0 N–H and O–H groups in total. The summed E-state index contributed by atoms with van der Waals surface area (Å²) in [4.78, 5) is 4.78. The van der Waals surface area contributed by atoms with Gasteiger partial charge in [0.25, 0.3) is 0 Å². The van der Waals surface area contributed by atoms with Gasteiger partial charge in [0.15, 0.2) is 0 Å². The maximum absolute atomic E-state index is 6.95. The summed E-state index contributed by atoms with van der Waals surface area (Å²) >= 11 is 0. The molecule has 0 fully saturated rings. The molecule has 5 nitrogen and oxygen atoms in total. The Morgan fingerprint density at radius 2 is 0.724 bits per heavy atom. The van der Waals surface area contributed by atoms with Crippen molar-refractivity contribution in [1.29, 1.82) is 0 Å². The lowest BCUT2D eigenvalue weighted by Gasteiger charge is -2.32. The van der Waals surface area contributed by atoms with Gasteiger partial charge < -0.3 is 23.1 Å². The molecule has 412 valence electrons. The highest BCUT2D eigenvalue weighted by Gasteiger charge is 2.45. The average molecular weight is 1120 g/mol. The van der Waals surface area contributed by atoms with Crippen LogP contribution in [0, 0.1) is 5.92 Å². The Morgan fingerprint density at radius 3 is 1.29 bits per heavy atom. The van der Waals surface area contributed by atoms with Crippen LogP contribution in [0.2, 0.25) is 0 Å². The first-order valence-corrected chi connectivity index (χ1v) is 30.4. The van der Waals surface area contributed by atoms with Crippen LogP contribution in [0.4, 0.5) is 34.1 Å². The molecule has 0 aliphatic heterocycles. The van der Waals surface area contributed by atoms with E-state index in [9.17, 15) is 0 Å². The lowest BCUT2D eigenvalue weighted by atomic mass is 9.72. The fourth-order valence-electron chi connectivity index (χ4n) is 15.7. The molecule has 3 heterocycles. The number of fused-ring (bicyclic) bond motifs is 19. The molecular formula is C82H56N2O3. The molecule has 5 heteroatoms. The molecule has 16 aromatic rings. The van der Waals surface area contributed by atoms with E-state index >= 15 is 0 Å². The third-order valence-electron chi connectivity index (χ3n) is 20.2. The lowest BCUT2D eigenvalue weighted by molar-refractivity contribution is 0.410. The highest BCUT2D eigenvalue weighted by molar-refractivity contribution is 6.19. The summed E-state index contributed by atoms with van der Waals surface area (Å²) in [6.45, 7) is 9.60.